The molecule has 8 nitrogen and oxygen atoms in total. The summed E-state index contributed by atoms with van der Waals surface area (Å²) in [7, 11) is 0. The number of nitrogens with one attached hydrogen (secondary N) is 2. The van der Waals surface area contributed by atoms with Gasteiger partial charge in [-0.05, 0) is 42.0 Å². The Morgan fingerprint density at radius 2 is 1.90 bits per heavy atom. The second kappa shape index (κ2) is 8.09. The lowest BCUT2D eigenvalue weighted by Crippen LogP contribution is -2.34. The Morgan fingerprint density at radius 3 is 2.57 bits per heavy atom. The predicted octanol–water partition coefficient (Wildman–Crippen LogP) is 3.91. The third-order valence-corrected chi connectivity index (χ3v) is 4.96. The fourth-order valence-corrected chi connectivity index (χ4v) is 3.37. The van der Waals surface area contributed by atoms with Crippen LogP contribution in [-0.4, -0.2) is 38.3 Å². The number of hydrogen-bond donors (Lipinski definition) is 3. The average molecular weight is 401 g/mol. The maximum absolute atomic E-state index is 11.2. The third-order valence-electron chi connectivity index (χ3n) is 4.96. The number of benzene rings is 2. The number of rotatable bonds is 5. The van der Waals surface area contributed by atoms with Gasteiger partial charge in [0.15, 0.2) is 0 Å². The molecule has 3 N–H and O–H groups in total. The highest BCUT2D eigenvalue weighted by Gasteiger charge is 2.27. The summed E-state index contributed by atoms with van der Waals surface area (Å²) in [6.07, 6.45) is -0.506. The summed E-state index contributed by atoms with van der Waals surface area (Å²) in [5, 5.41) is 27.4. The largest absolute Gasteiger partial charge is 0.465 e. The second-order valence-corrected chi connectivity index (χ2v) is 6.92. The van der Waals surface area contributed by atoms with Gasteiger partial charge in [-0.3, -0.25) is 0 Å². The summed E-state index contributed by atoms with van der Waals surface area (Å²) in [5.41, 5.74) is 2.13. The lowest BCUT2D eigenvalue weighted by Gasteiger charge is -2.22. The Kier molecular flexibility index (Phi) is 5.18. The lowest BCUT2D eigenvalue weighted by atomic mass is 9.97. The summed E-state index contributed by atoms with van der Waals surface area (Å²) >= 11 is 0. The molecule has 0 saturated heterocycles. The SMILES string of the molecule is N#CC(C(=N)c1ccc(Oc2ccccc2)cc1)c1nc2c([nH]1)CN(C(=O)O)CC2. The summed E-state index contributed by atoms with van der Waals surface area (Å²) in [6.45, 7) is 0.568. The highest BCUT2D eigenvalue weighted by atomic mass is 16.5. The fraction of sp³-hybridized carbons (Fsp3) is 0.182. The molecule has 1 amide bonds. The molecule has 1 aromatic heterocycles. The maximum Gasteiger partial charge on any atom is 0.407 e. The quantitative estimate of drug-likeness (QED) is 0.559. The minimum Gasteiger partial charge on any atom is -0.465 e. The van der Waals surface area contributed by atoms with E-state index in [1.807, 2.05) is 30.3 Å². The molecule has 150 valence electrons. The number of nitrogens with zero attached hydrogens (tertiary/aromatic N) is 3. The molecule has 2 heterocycles. The fourth-order valence-electron chi connectivity index (χ4n) is 3.37. The first-order valence-electron chi connectivity index (χ1n) is 9.42. The molecule has 0 aliphatic carbocycles. The van der Waals surface area contributed by atoms with E-state index in [0.717, 1.165) is 5.69 Å². The molecule has 0 fully saturated rings. The number of carbonyl (C=O) groups is 1. The van der Waals surface area contributed by atoms with Crippen molar-refractivity contribution in [3.05, 3.63) is 77.4 Å². The minimum absolute atomic E-state index is 0.116. The standard InChI is InChI=1S/C22H19N5O3/c23-12-17(21-25-18-10-11-27(22(28)29)13-19(18)26-21)20(24)14-6-8-16(9-7-14)30-15-4-2-1-3-5-15/h1-9,17,24H,10-11,13H2,(H,25,26)(H,28,29). The number of fused-ring (bicyclic) bond motifs is 1. The molecule has 0 radical (unpaired) electrons. The van der Waals surface area contributed by atoms with Gasteiger partial charge in [0, 0.05) is 13.0 Å². The van der Waals surface area contributed by atoms with Gasteiger partial charge >= 0.3 is 6.09 Å². The van der Waals surface area contributed by atoms with E-state index in [9.17, 15) is 15.2 Å². The van der Waals surface area contributed by atoms with Crippen LogP contribution in [0.15, 0.2) is 54.6 Å². The van der Waals surface area contributed by atoms with E-state index >= 15 is 0 Å². The number of amides is 1. The molecule has 1 aliphatic heterocycles. The highest BCUT2D eigenvalue weighted by Crippen LogP contribution is 2.26. The van der Waals surface area contributed by atoms with Gasteiger partial charge in [-0.1, -0.05) is 18.2 Å². The number of hydrogen-bond acceptors (Lipinski definition) is 5. The lowest BCUT2D eigenvalue weighted by molar-refractivity contribution is 0.139. The van der Waals surface area contributed by atoms with Crippen molar-refractivity contribution in [2.75, 3.05) is 6.54 Å². The van der Waals surface area contributed by atoms with Crippen LogP contribution >= 0.6 is 0 Å². The molecular formula is C22H19N5O3. The van der Waals surface area contributed by atoms with Crippen molar-refractivity contribution in [2.24, 2.45) is 0 Å². The van der Waals surface area contributed by atoms with Crippen molar-refractivity contribution in [3.8, 4) is 17.6 Å². The monoisotopic (exact) mass is 401 g/mol. The van der Waals surface area contributed by atoms with Gasteiger partial charge < -0.3 is 25.1 Å². The molecule has 1 aliphatic rings. The first-order chi connectivity index (χ1) is 14.5. The van der Waals surface area contributed by atoms with Crippen LogP contribution < -0.4 is 4.74 Å². The molecule has 0 spiro atoms. The molecular weight excluding hydrogens is 382 g/mol. The summed E-state index contributed by atoms with van der Waals surface area (Å²) in [5.74, 6) is 0.833. The van der Waals surface area contributed by atoms with Gasteiger partial charge in [0.1, 0.15) is 23.2 Å². The molecule has 3 aromatic rings. The van der Waals surface area contributed by atoms with Crippen LogP contribution in [0.3, 0.4) is 0 Å². The van der Waals surface area contributed by atoms with Crippen LogP contribution in [-0.2, 0) is 13.0 Å². The summed E-state index contributed by atoms with van der Waals surface area (Å²) in [4.78, 5) is 20.0. The Balaban J connectivity index is 1.51. The highest BCUT2D eigenvalue weighted by molar-refractivity contribution is 6.04. The van der Waals surface area contributed by atoms with E-state index < -0.39 is 12.0 Å². The molecule has 4 rings (SSSR count). The van der Waals surface area contributed by atoms with Crippen molar-refractivity contribution in [3.63, 3.8) is 0 Å². The van der Waals surface area contributed by atoms with E-state index in [4.69, 9.17) is 10.1 Å². The zero-order valence-electron chi connectivity index (χ0n) is 16.0. The number of carboxylic acid groups (broad SMARTS) is 1. The normalized spacial score (nSPS) is 13.8. The van der Waals surface area contributed by atoms with Gasteiger partial charge in [0.2, 0.25) is 0 Å². The molecule has 8 heteroatoms. The van der Waals surface area contributed by atoms with Gasteiger partial charge in [-0.15, -0.1) is 0 Å². The summed E-state index contributed by atoms with van der Waals surface area (Å²) < 4.78 is 5.76. The van der Waals surface area contributed by atoms with Crippen LogP contribution in [0.4, 0.5) is 4.79 Å². The van der Waals surface area contributed by atoms with Crippen LogP contribution in [0.25, 0.3) is 0 Å². The van der Waals surface area contributed by atoms with Crippen LogP contribution in [0, 0.1) is 16.7 Å². The van der Waals surface area contributed by atoms with Crippen molar-refractivity contribution in [1.82, 2.24) is 14.9 Å². The third kappa shape index (κ3) is 3.86. The average Bonchev–Trinajstić information content (AvgIpc) is 3.18. The summed E-state index contributed by atoms with van der Waals surface area (Å²) in [6, 6.07) is 18.5. The minimum atomic E-state index is -0.987. The van der Waals surface area contributed by atoms with E-state index in [0.29, 0.717) is 41.5 Å². The number of aromatic nitrogens is 2. The topological polar surface area (TPSA) is 126 Å². The van der Waals surface area contributed by atoms with Crippen molar-refractivity contribution < 1.29 is 14.6 Å². The van der Waals surface area contributed by atoms with Gasteiger partial charge in [0.05, 0.1) is 29.7 Å². The Morgan fingerprint density at radius 1 is 1.20 bits per heavy atom. The number of para-hydroxylation sites is 1. The predicted molar refractivity (Wildman–Crippen MR) is 109 cm³/mol. The molecule has 0 bridgehead atoms. The molecule has 1 atom stereocenters. The smallest absolute Gasteiger partial charge is 0.407 e. The molecule has 1 unspecified atom stereocenters. The first-order valence-corrected chi connectivity index (χ1v) is 9.42. The van der Waals surface area contributed by atoms with E-state index in [1.165, 1.54) is 4.90 Å². The zero-order chi connectivity index (χ0) is 21.1. The zero-order valence-corrected chi connectivity index (χ0v) is 16.0. The Bertz CT molecular complexity index is 1120. The molecule has 0 saturated carbocycles. The van der Waals surface area contributed by atoms with E-state index in [2.05, 4.69) is 16.0 Å². The number of aromatic amines is 1. The van der Waals surface area contributed by atoms with Crippen LogP contribution in [0.1, 0.15) is 28.7 Å². The van der Waals surface area contributed by atoms with Crippen molar-refractivity contribution in [2.45, 2.75) is 18.9 Å². The van der Waals surface area contributed by atoms with Gasteiger partial charge in [-0.25, -0.2) is 9.78 Å². The van der Waals surface area contributed by atoms with Crippen molar-refractivity contribution in [1.29, 1.82) is 10.7 Å². The molecule has 30 heavy (non-hydrogen) atoms. The number of ether oxygens (including phenoxy) is 1. The number of nitriles is 1. The molecule has 2 aromatic carbocycles. The van der Waals surface area contributed by atoms with E-state index in [-0.39, 0.29) is 12.3 Å². The number of imidazole rings is 1. The van der Waals surface area contributed by atoms with Gasteiger partial charge in [-0.2, -0.15) is 5.26 Å². The first kappa shape index (κ1) is 19.2. The number of H-pyrrole nitrogens is 1. The van der Waals surface area contributed by atoms with E-state index in [1.54, 1.807) is 24.3 Å². The van der Waals surface area contributed by atoms with Gasteiger partial charge in [0.25, 0.3) is 0 Å². The van der Waals surface area contributed by atoms with Crippen LogP contribution in [0.2, 0.25) is 0 Å². The maximum atomic E-state index is 11.2. The Hall–Kier alpha value is -4.12. The second-order valence-electron chi connectivity index (χ2n) is 6.92. The van der Waals surface area contributed by atoms with Crippen molar-refractivity contribution >= 4 is 11.8 Å². The van der Waals surface area contributed by atoms with Crippen LogP contribution in [0.5, 0.6) is 11.5 Å². The Labute approximate surface area is 172 Å².